The van der Waals surface area contributed by atoms with Gasteiger partial charge in [0.25, 0.3) is 0 Å². The van der Waals surface area contributed by atoms with E-state index in [1.165, 1.54) is 31.5 Å². The number of likely N-dealkylation sites (tertiary alicyclic amines) is 1. The maximum atomic E-state index is 8.93. The molecule has 2 rings (SSSR count). The van der Waals surface area contributed by atoms with Crippen molar-refractivity contribution in [1.82, 2.24) is 10.2 Å². The number of nitrogens with one attached hydrogen (secondary N) is 1. The third-order valence-electron chi connectivity index (χ3n) is 4.27. The summed E-state index contributed by atoms with van der Waals surface area (Å²) in [7, 11) is 0. The molecule has 1 N–H and O–H groups in total. The van der Waals surface area contributed by atoms with E-state index in [9.17, 15) is 0 Å². The summed E-state index contributed by atoms with van der Waals surface area (Å²) < 4.78 is 0. The first-order chi connectivity index (χ1) is 9.69. The lowest BCUT2D eigenvalue weighted by molar-refractivity contribution is 0.191. The Bertz CT molecular complexity index is 456. The minimum Gasteiger partial charge on any atom is -0.309 e. The Labute approximate surface area is 122 Å². The van der Waals surface area contributed by atoms with E-state index in [-0.39, 0.29) is 0 Å². The number of hydrogen-bond donors (Lipinski definition) is 1. The maximum absolute atomic E-state index is 8.93. The first-order valence-corrected chi connectivity index (χ1v) is 7.65. The van der Waals surface area contributed by atoms with Crippen molar-refractivity contribution in [3.63, 3.8) is 0 Å². The lowest BCUT2D eigenvalue weighted by Crippen LogP contribution is -2.38. The van der Waals surface area contributed by atoms with Gasteiger partial charge in [-0.05, 0) is 56.5 Å². The van der Waals surface area contributed by atoms with Crippen LogP contribution in [0.5, 0.6) is 0 Å². The normalized spacial score (nSPS) is 18.6. The predicted octanol–water partition coefficient (Wildman–Crippen LogP) is 2.94. The van der Waals surface area contributed by atoms with Crippen LogP contribution < -0.4 is 5.32 Å². The van der Waals surface area contributed by atoms with Crippen LogP contribution in [0.4, 0.5) is 0 Å². The number of nitrogens with zero attached hydrogens (tertiary/aromatic N) is 2. The van der Waals surface area contributed by atoms with Crippen LogP contribution >= 0.6 is 0 Å². The molecule has 1 aliphatic rings. The van der Waals surface area contributed by atoms with Gasteiger partial charge < -0.3 is 10.2 Å². The van der Waals surface area contributed by atoms with Crippen LogP contribution in [0.15, 0.2) is 24.3 Å². The Morgan fingerprint density at radius 2 is 2.15 bits per heavy atom. The zero-order valence-corrected chi connectivity index (χ0v) is 12.6. The first kappa shape index (κ1) is 15.0. The first-order valence-electron chi connectivity index (χ1n) is 7.65. The predicted molar refractivity (Wildman–Crippen MR) is 82.4 cm³/mol. The van der Waals surface area contributed by atoms with E-state index in [4.69, 9.17) is 5.26 Å². The molecule has 1 heterocycles. The highest BCUT2D eigenvalue weighted by Gasteiger charge is 2.15. The van der Waals surface area contributed by atoms with E-state index in [2.05, 4.69) is 36.2 Å². The van der Waals surface area contributed by atoms with E-state index in [0.29, 0.717) is 6.04 Å². The fourth-order valence-corrected chi connectivity index (χ4v) is 2.72. The van der Waals surface area contributed by atoms with Gasteiger partial charge in [0, 0.05) is 19.1 Å². The summed E-state index contributed by atoms with van der Waals surface area (Å²) in [5, 5.41) is 12.5. The number of rotatable bonds is 5. The van der Waals surface area contributed by atoms with Gasteiger partial charge in [0.15, 0.2) is 0 Å². The molecule has 0 spiro atoms. The van der Waals surface area contributed by atoms with E-state index in [0.717, 1.165) is 24.6 Å². The molecule has 1 aliphatic heterocycles. The van der Waals surface area contributed by atoms with Gasteiger partial charge in [0.05, 0.1) is 11.6 Å². The molecule has 3 nitrogen and oxygen atoms in total. The van der Waals surface area contributed by atoms with Crippen molar-refractivity contribution in [3.05, 3.63) is 35.4 Å². The molecular formula is C17H25N3. The molecule has 1 unspecified atom stereocenters. The monoisotopic (exact) mass is 271 g/mol. The van der Waals surface area contributed by atoms with Gasteiger partial charge in [0.2, 0.25) is 0 Å². The molecule has 0 saturated carbocycles. The Morgan fingerprint density at radius 1 is 1.40 bits per heavy atom. The van der Waals surface area contributed by atoms with Crippen molar-refractivity contribution in [2.75, 3.05) is 26.2 Å². The summed E-state index contributed by atoms with van der Waals surface area (Å²) in [6, 6.07) is 10.4. The number of benzene rings is 1. The maximum Gasteiger partial charge on any atom is 0.0991 e. The third kappa shape index (κ3) is 4.33. The summed E-state index contributed by atoms with van der Waals surface area (Å²) in [5.41, 5.74) is 1.93. The summed E-state index contributed by atoms with van der Waals surface area (Å²) >= 11 is 0. The molecule has 108 valence electrons. The second-order valence-electron chi connectivity index (χ2n) is 5.94. The lowest BCUT2D eigenvalue weighted by atomic mass is 9.99. The molecule has 0 amide bonds. The topological polar surface area (TPSA) is 39.1 Å². The van der Waals surface area contributed by atoms with Crippen molar-refractivity contribution in [3.8, 4) is 6.07 Å². The second kappa shape index (κ2) is 7.42. The fraction of sp³-hybridized carbons (Fsp3) is 0.588. The highest BCUT2D eigenvalue weighted by Crippen LogP contribution is 2.16. The standard InChI is InChI=1S/C17H25N3/c1-14-6-9-20(10-7-14)11-8-19-15(2)17-5-3-4-16(12-17)13-18/h3-5,12,14-15,19H,6-11H2,1-2H3. The second-order valence-corrected chi connectivity index (χ2v) is 5.94. The summed E-state index contributed by atoms with van der Waals surface area (Å²) in [4.78, 5) is 2.55. The van der Waals surface area contributed by atoms with Gasteiger partial charge in [-0.3, -0.25) is 0 Å². The molecule has 1 atom stereocenters. The average Bonchev–Trinajstić information content (AvgIpc) is 2.49. The van der Waals surface area contributed by atoms with Crippen molar-refractivity contribution in [2.24, 2.45) is 5.92 Å². The molecule has 1 aromatic rings. The van der Waals surface area contributed by atoms with Gasteiger partial charge in [-0.1, -0.05) is 19.1 Å². The Morgan fingerprint density at radius 3 is 2.85 bits per heavy atom. The lowest BCUT2D eigenvalue weighted by Gasteiger charge is -2.30. The zero-order valence-electron chi connectivity index (χ0n) is 12.6. The van der Waals surface area contributed by atoms with Crippen LogP contribution in [0.2, 0.25) is 0 Å². The fourth-order valence-electron chi connectivity index (χ4n) is 2.72. The highest BCUT2D eigenvalue weighted by molar-refractivity contribution is 5.33. The average molecular weight is 271 g/mol. The Kier molecular flexibility index (Phi) is 5.58. The van der Waals surface area contributed by atoms with Crippen LogP contribution in [-0.2, 0) is 0 Å². The van der Waals surface area contributed by atoms with Gasteiger partial charge in [-0.2, -0.15) is 5.26 Å². The molecule has 1 fully saturated rings. The van der Waals surface area contributed by atoms with E-state index < -0.39 is 0 Å². The number of nitriles is 1. The van der Waals surface area contributed by atoms with Crippen LogP contribution in [0.3, 0.4) is 0 Å². The van der Waals surface area contributed by atoms with Crippen molar-refractivity contribution in [1.29, 1.82) is 5.26 Å². The Balaban J connectivity index is 1.74. The molecule has 0 aliphatic carbocycles. The molecular weight excluding hydrogens is 246 g/mol. The molecule has 0 radical (unpaired) electrons. The number of piperidine rings is 1. The van der Waals surface area contributed by atoms with Gasteiger partial charge >= 0.3 is 0 Å². The van der Waals surface area contributed by atoms with Crippen LogP contribution in [0.1, 0.15) is 43.9 Å². The van der Waals surface area contributed by atoms with E-state index in [1.807, 2.05) is 18.2 Å². The van der Waals surface area contributed by atoms with Crippen LogP contribution in [0, 0.1) is 17.2 Å². The van der Waals surface area contributed by atoms with E-state index in [1.54, 1.807) is 0 Å². The van der Waals surface area contributed by atoms with Gasteiger partial charge in [-0.15, -0.1) is 0 Å². The summed E-state index contributed by atoms with van der Waals surface area (Å²) in [6.07, 6.45) is 2.67. The third-order valence-corrected chi connectivity index (χ3v) is 4.27. The van der Waals surface area contributed by atoms with Crippen LogP contribution in [-0.4, -0.2) is 31.1 Å². The number of hydrogen-bond acceptors (Lipinski definition) is 3. The van der Waals surface area contributed by atoms with Crippen molar-refractivity contribution < 1.29 is 0 Å². The van der Waals surface area contributed by atoms with Gasteiger partial charge in [0.1, 0.15) is 0 Å². The molecule has 3 heteroatoms. The highest BCUT2D eigenvalue weighted by atomic mass is 15.1. The van der Waals surface area contributed by atoms with E-state index >= 15 is 0 Å². The van der Waals surface area contributed by atoms with Crippen molar-refractivity contribution in [2.45, 2.75) is 32.7 Å². The minimum atomic E-state index is 0.298. The minimum absolute atomic E-state index is 0.298. The molecule has 0 aromatic heterocycles. The zero-order chi connectivity index (χ0) is 14.4. The molecule has 0 bridgehead atoms. The summed E-state index contributed by atoms with van der Waals surface area (Å²) in [5.74, 6) is 0.895. The largest absolute Gasteiger partial charge is 0.309 e. The Hall–Kier alpha value is -1.37. The van der Waals surface area contributed by atoms with Gasteiger partial charge in [-0.25, -0.2) is 0 Å². The smallest absolute Gasteiger partial charge is 0.0991 e. The van der Waals surface area contributed by atoms with Crippen molar-refractivity contribution >= 4 is 0 Å². The SMILES string of the molecule is CC1CCN(CCNC(C)c2cccc(C#N)c2)CC1. The van der Waals surface area contributed by atoms with Crippen LogP contribution in [0.25, 0.3) is 0 Å². The molecule has 1 aromatic carbocycles. The quantitative estimate of drug-likeness (QED) is 0.895. The summed E-state index contributed by atoms with van der Waals surface area (Å²) in [6.45, 7) is 9.11. The molecule has 1 saturated heterocycles. The molecule has 20 heavy (non-hydrogen) atoms.